The summed E-state index contributed by atoms with van der Waals surface area (Å²) in [6.45, 7) is 0. The Morgan fingerprint density at radius 3 is 1.05 bits per heavy atom. The molecule has 0 saturated carbocycles. The Morgan fingerprint density at radius 2 is 0.479 bits per heavy atom. The van der Waals surface area contributed by atoms with E-state index in [9.17, 15) is 0 Å². The van der Waals surface area contributed by atoms with Gasteiger partial charge in [-0.15, -0.1) is 0 Å². The van der Waals surface area contributed by atoms with E-state index in [2.05, 4.69) is 340 Å². The third-order valence-electron chi connectivity index (χ3n) is 20.3. The Kier molecular flexibility index (Phi) is 12.1. The van der Waals surface area contributed by atoms with Crippen molar-refractivity contribution in [2.24, 2.45) is 0 Å². The van der Waals surface area contributed by atoms with Gasteiger partial charge < -0.3 is 8.83 Å². The molecule has 20 aromatic rings. The molecule has 0 spiro atoms. The molecule has 0 amide bonds. The topological polar surface area (TPSA) is 26.3 Å². The van der Waals surface area contributed by atoms with E-state index >= 15 is 0 Å². The molecule has 0 bridgehead atoms. The molecule has 20 rings (SSSR count). The van der Waals surface area contributed by atoms with E-state index in [-0.39, 0.29) is 0 Å². The number of fused-ring (bicyclic) bond motifs is 13. The van der Waals surface area contributed by atoms with E-state index in [1.54, 1.807) is 0 Å². The van der Waals surface area contributed by atoms with Gasteiger partial charge in [0.15, 0.2) is 0 Å². The molecule has 0 aliphatic rings. The highest BCUT2D eigenvalue weighted by atomic mass is 16.3. The zero-order valence-electron chi connectivity index (χ0n) is 52.1. The predicted molar refractivity (Wildman–Crippen MR) is 407 cm³/mol. The van der Waals surface area contributed by atoms with E-state index in [1.165, 1.54) is 109 Å². The van der Waals surface area contributed by atoms with Crippen LogP contribution in [0, 0.1) is 0 Å². The van der Waals surface area contributed by atoms with E-state index < -0.39 is 0 Å². The standard InChI is InChI=1S/C94H56O2/c1-2-19-57(20-3-1)70-48-71(50-72(49-70)94-80-36-14-12-34-78(80)93(79-35-13-15-37-81(79)94)68-41-43-87-83(53-68)85-51-62-23-6-7-24-63(62)55-89(85)95-87)61-26-16-27-65(46-61)73-38-18-28-66-52-86-84-54-69(42-44-88(84)96-90(86)56-82(66)73)92-76-32-10-8-30-74(76)91(75-31-9-11-33-77(75)92)67-29-17-25-60(47-67)64-40-39-58-21-4-5-22-59(58)45-64/h1-56H. The van der Waals surface area contributed by atoms with Gasteiger partial charge in [0.2, 0.25) is 0 Å². The highest BCUT2D eigenvalue weighted by Gasteiger charge is 2.23. The van der Waals surface area contributed by atoms with Gasteiger partial charge in [-0.2, -0.15) is 0 Å². The Labute approximate surface area is 553 Å². The molecule has 18 aromatic carbocycles. The van der Waals surface area contributed by atoms with Gasteiger partial charge in [0, 0.05) is 21.5 Å². The molecule has 2 heteroatoms. The average molecular weight is 1220 g/mol. The van der Waals surface area contributed by atoms with Gasteiger partial charge in [-0.05, 0) is 249 Å². The van der Waals surface area contributed by atoms with Crippen molar-refractivity contribution in [3.8, 4) is 89.0 Å². The van der Waals surface area contributed by atoms with Gasteiger partial charge in [-0.1, -0.05) is 255 Å². The van der Waals surface area contributed by atoms with Crippen LogP contribution in [-0.2, 0) is 0 Å². The Balaban J connectivity index is 0.694. The highest BCUT2D eigenvalue weighted by Crippen LogP contribution is 2.49. The Bertz CT molecular complexity index is 6520. The molecule has 444 valence electrons. The van der Waals surface area contributed by atoms with Crippen molar-refractivity contribution in [3.63, 3.8) is 0 Å². The molecule has 0 aliphatic carbocycles. The van der Waals surface area contributed by atoms with Crippen molar-refractivity contribution in [3.05, 3.63) is 340 Å². The van der Waals surface area contributed by atoms with Crippen LogP contribution in [0.5, 0.6) is 0 Å². The van der Waals surface area contributed by atoms with Crippen LogP contribution >= 0.6 is 0 Å². The fraction of sp³-hybridized carbons (Fsp3) is 0. The number of hydrogen-bond acceptors (Lipinski definition) is 2. The van der Waals surface area contributed by atoms with Crippen LogP contribution in [0.25, 0.3) is 208 Å². The van der Waals surface area contributed by atoms with Crippen molar-refractivity contribution in [2.75, 3.05) is 0 Å². The minimum Gasteiger partial charge on any atom is -0.456 e. The van der Waals surface area contributed by atoms with Gasteiger partial charge in [0.25, 0.3) is 0 Å². The Morgan fingerprint density at radius 1 is 0.135 bits per heavy atom. The van der Waals surface area contributed by atoms with E-state index in [0.29, 0.717) is 0 Å². The van der Waals surface area contributed by atoms with Crippen LogP contribution in [0.4, 0.5) is 0 Å². The maximum Gasteiger partial charge on any atom is 0.136 e. The van der Waals surface area contributed by atoms with Crippen LogP contribution in [0.15, 0.2) is 349 Å². The zero-order chi connectivity index (χ0) is 63.0. The SMILES string of the molecule is c1ccc(-c2cc(-c3cccc(-c4cccc5cc6c(cc45)oc4ccc(-c5c7ccccc7c(-c7cccc(-c8ccc9ccccc9c8)c7)c7ccccc57)cc46)c3)cc(-c3c4ccccc4c(-c4ccc5oc6cc7ccccc7cc6c5c4)c4ccccc34)c2)cc1. The summed E-state index contributed by atoms with van der Waals surface area (Å²) in [6, 6.07) is 125. The summed E-state index contributed by atoms with van der Waals surface area (Å²) in [5.41, 5.74) is 22.4. The van der Waals surface area contributed by atoms with Crippen molar-refractivity contribution < 1.29 is 8.83 Å². The van der Waals surface area contributed by atoms with E-state index in [0.717, 1.165) is 99.2 Å². The molecular weight excluding hydrogens is 1160 g/mol. The lowest BCUT2D eigenvalue weighted by Gasteiger charge is -2.19. The lowest BCUT2D eigenvalue weighted by atomic mass is 9.84. The third-order valence-corrected chi connectivity index (χ3v) is 20.3. The molecule has 96 heavy (non-hydrogen) atoms. The second-order valence-corrected chi connectivity index (χ2v) is 25.8. The fourth-order valence-electron chi connectivity index (χ4n) is 15.9. The van der Waals surface area contributed by atoms with Crippen LogP contribution in [0.3, 0.4) is 0 Å². The smallest absolute Gasteiger partial charge is 0.136 e. The number of benzene rings is 18. The summed E-state index contributed by atoms with van der Waals surface area (Å²) in [5, 5.41) is 21.3. The summed E-state index contributed by atoms with van der Waals surface area (Å²) < 4.78 is 13.4. The second kappa shape index (κ2) is 21.5. The summed E-state index contributed by atoms with van der Waals surface area (Å²) >= 11 is 0. The average Bonchev–Trinajstić information content (AvgIpc) is 1.00. The lowest BCUT2D eigenvalue weighted by Crippen LogP contribution is -1.92. The Hall–Kier alpha value is -12.6. The minimum absolute atomic E-state index is 0.865. The maximum absolute atomic E-state index is 6.90. The monoisotopic (exact) mass is 1220 g/mol. The molecule has 0 atom stereocenters. The summed E-state index contributed by atoms with van der Waals surface area (Å²) in [7, 11) is 0. The van der Waals surface area contributed by atoms with E-state index in [1.807, 2.05) is 0 Å². The number of hydrogen-bond donors (Lipinski definition) is 0. The molecule has 0 aliphatic heterocycles. The third kappa shape index (κ3) is 8.66. The van der Waals surface area contributed by atoms with Crippen LogP contribution in [0.1, 0.15) is 0 Å². The molecule has 2 nitrogen and oxygen atoms in total. The molecule has 0 fully saturated rings. The first kappa shape index (κ1) is 54.0. The van der Waals surface area contributed by atoms with Gasteiger partial charge in [0.05, 0.1) is 0 Å². The molecule has 0 unspecified atom stereocenters. The number of rotatable bonds is 8. The summed E-state index contributed by atoms with van der Waals surface area (Å²) in [5.74, 6) is 0. The van der Waals surface area contributed by atoms with E-state index in [4.69, 9.17) is 8.83 Å². The van der Waals surface area contributed by atoms with Gasteiger partial charge in [-0.25, -0.2) is 0 Å². The molecule has 2 heterocycles. The van der Waals surface area contributed by atoms with Crippen molar-refractivity contribution in [2.45, 2.75) is 0 Å². The maximum atomic E-state index is 6.90. The normalized spacial score (nSPS) is 12.0. The van der Waals surface area contributed by atoms with Crippen molar-refractivity contribution in [1.82, 2.24) is 0 Å². The van der Waals surface area contributed by atoms with Crippen LogP contribution in [0.2, 0.25) is 0 Å². The molecule has 2 aromatic heterocycles. The van der Waals surface area contributed by atoms with Gasteiger partial charge in [-0.3, -0.25) is 0 Å². The summed E-state index contributed by atoms with van der Waals surface area (Å²) in [6.07, 6.45) is 0. The first-order valence-electron chi connectivity index (χ1n) is 33.1. The predicted octanol–water partition coefficient (Wildman–Crippen LogP) is 26.9. The fourth-order valence-corrected chi connectivity index (χ4v) is 15.9. The van der Waals surface area contributed by atoms with Crippen molar-refractivity contribution >= 4 is 119 Å². The quantitative estimate of drug-likeness (QED) is 0.142. The largest absolute Gasteiger partial charge is 0.456 e. The van der Waals surface area contributed by atoms with Crippen molar-refractivity contribution in [1.29, 1.82) is 0 Å². The number of furan rings is 2. The zero-order valence-corrected chi connectivity index (χ0v) is 52.1. The molecule has 0 radical (unpaired) electrons. The minimum atomic E-state index is 0.865. The first-order chi connectivity index (χ1) is 47.5. The van der Waals surface area contributed by atoms with Crippen LogP contribution < -0.4 is 0 Å². The van der Waals surface area contributed by atoms with Gasteiger partial charge >= 0.3 is 0 Å². The van der Waals surface area contributed by atoms with Crippen LogP contribution in [-0.4, -0.2) is 0 Å². The highest BCUT2D eigenvalue weighted by molar-refractivity contribution is 6.25. The lowest BCUT2D eigenvalue weighted by molar-refractivity contribution is 0.669. The molecular formula is C94H56O2. The second-order valence-electron chi connectivity index (χ2n) is 25.8. The first-order valence-corrected chi connectivity index (χ1v) is 33.1. The van der Waals surface area contributed by atoms with Gasteiger partial charge in [0.1, 0.15) is 22.3 Å². The summed E-state index contributed by atoms with van der Waals surface area (Å²) in [4.78, 5) is 0. The molecule has 0 saturated heterocycles. The molecule has 0 N–H and O–H groups in total.